The number of ether oxygens (including phenoxy) is 2. The van der Waals surface area contributed by atoms with Crippen molar-refractivity contribution in [1.82, 2.24) is 15.5 Å². The SMILES string of the molecule is COc1ccc(N2CC(C(=O)NCc3c(C)n[nH]c3C)CC2=O)cc1OC. The van der Waals surface area contributed by atoms with Crippen LogP contribution in [0.4, 0.5) is 5.69 Å². The molecule has 0 bridgehead atoms. The van der Waals surface area contributed by atoms with E-state index in [1.807, 2.05) is 13.8 Å². The minimum Gasteiger partial charge on any atom is -0.493 e. The van der Waals surface area contributed by atoms with Crippen LogP contribution in [0.1, 0.15) is 23.4 Å². The van der Waals surface area contributed by atoms with E-state index in [1.54, 1.807) is 37.3 Å². The van der Waals surface area contributed by atoms with Crippen LogP contribution in [-0.2, 0) is 16.1 Å². The molecule has 1 atom stereocenters. The smallest absolute Gasteiger partial charge is 0.227 e. The first-order valence-electron chi connectivity index (χ1n) is 8.75. The van der Waals surface area contributed by atoms with Crippen molar-refractivity contribution < 1.29 is 19.1 Å². The fraction of sp³-hybridized carbons (Fsp3) is 0.421. The van der Waals surface area contributed by atoms with E-state index < -0.39 is 5.92 Å². The van der Waals surface area contributed by atoms with E-state index in [-0.39, 0.29) is 18.2 Å². The topological polar surface area (TPSA) is 96.5 Å². The predicted molar refractivity (Wildman–Crippen MR) is 99.9 cm³/mol. The van der Waals surface area contributed by atoms with Crippen LogP contribution in [0.5, 0.6) is 11.5 Å². The zero-order chi connectivity index (χ0) is 19.6. The van der Waals surface area contributed by atoms with Gasteiger partial charge in [0.15, 0.2) is 11.5 Å². The molecule has 2 aromatic rings. The number of hydrogen-bond acceptors (Lipinski definition) is 5. The van der Waals surface area contributed by atoms with Crippen molar-refractivity contribution >= 4 is 17.5 Å². The predicted octanol–water partition coefficient (Wildman–Crippen LogP) is 1.71. The lowest BCUT2D eigenvalue weighted by Gasteiger charge is -2.18. The Morgan fingerprint density at radius 3 is 2.67 bits per heavy atom. The van der Waals surface area contributed by atoms with E-state index in [2.05, 4.69) is 15.5 Å². The molecule has 1 aliphatic rings. The number of benzene rings is 1. The number of nitrogens with zero attached hydrogens (tertiary/aromatic N) is 2. The van der Waals surface area contributed by atoms with Gasteiger partial charge >= 0.3 is 0 Å². The van der Waals surface area contributed by atoms with E-state index in [0.717, 1.165) is 17.0 Å². The molecule has 1 aromatic heterocycles. The van der Waals surface area contributed by atoms with Crippen LogP contribution < -0.4 is 19.7 Å². The quantitative estimate of drug-likeness (QED) is 0.805. The summed E-state index contributed by atoms with van der Waals surface area (Å²) < 4.78 is 10.5. The van der Waals surface area contributed by atoms with Gasteiger partial charge in [0.05, 0.1) is 25.8 Å². The molecule has 0 saturated carbocycles. The normalized spacial score (nSPS) is 16.5. The van der Waals surface area contributed by atoms with Gasteiger partial charge in [-0.25, -0.2) is 0 Å². The number of nitrogens with one attached hydrogen (secondary N) is 2. The Morgan fingerprint density at radius 1 is 1.30 bits per heavy atom. The van der Waals surface area contributed by atoms with Gasteiger partial charge in [-0.2, -0.15) is 5.10 Å². The summed E-state index contributed by atoms with van der Waals surface area (Å²) in [5.74, 6) is 0.525. The molecule has 27 heavy (non-hydrogen) atoms. The Morgan fingerprint density at radius 2 is 2.04 bits per heavy atom. The van der Waals surface area contributed by atoms with Gasteiger partial charge in [0.2, 0.25) is 11.8 Å². The summed E-state index contributed by atoms with van der Waals surface area (Å²) in [4.78, 5) is 26.6. The van der Waals surface area contributed by atoms with Crippen molar-refractivity contribution in [2.45, 2.75) is 26.8 Å². The average Bonchev–Trinajstić information content (AvgIpc) is 3.21. The summed E-state index contributed by atoms with van der Waals surface area (Å²) >= 11 is 0. The first-order valence-corrected chi connectivity index (χ1v) is 8.75. The van der Waals surface area contributed by atoms with Gasteiger partial charge in [0.1, 0.15) is 0 Å². The summed E-state index contributed by atoms with van der Waals surface area (Å²) in [5, 5.41) is 9.94. The lowest BCUT2D eigenvalue weighted by Crippen LogP contribution is -2.32. The van der Waals surface area contributed by atoms with Gasteiger partial charge in [-0.3, -0.25) is 14.7 Å². The van der Waals surface area contributed by atoms with E-state index in [1.165, 1.54) is 0 Å². The van der Waals surface area contributed by atoms with Crippen molar-refractivity contribution in [3.8, 4) is 11.5 Å². The molecule has 1 unspecified atom stereocenters. The fourth-order valence-corrected chi connectivity index (χ4v) is 3.28. The third-order valence-corrected chi connectivity index (χ3v) is 4.89. The molecule has 144 valence electrons. The van der Waals surface area contributed by atoms with E-state index >= 15 is 0 Å². The monoisotopic (exact) mass is 372 g/mol. The second-order valence-electron chi connectivity index (χ2n) is 6.58. The first kappa shape index (κ1) is 18.8. The maximum absolute atomic E-state index is 12.5. The van der Waals surface area contributed by atoms with Crippen molar-refractivity contribution in [3.63, 3.8) is 0 Å². The summed E-state index contributed by atoms with van der Waals surface area (Å²) in [6.45, 7) is 4.54. The number of rotatable bonds is 6. The molecule has 1 saturated heterocycles. The van der Waals surface area contributed by atoms with Crippen molar-refractivity contribution in [2.24, 2.45) is 5.92 Å². The Kier molecular flexibility index (Phi) is 5.34. The number of hydrogen-bond donors (Lipinski definition) is 2. The lowest BCUT2D eigenvalue weighted by atomic mass is 10.1. The number of methoxy groups -OCH3 is 2. The van der Waals surface area contributed by atoms with E-state index in [4.69, 9.17) is 9.47 Å². The van der Waals surface area contributed by atoms with Crippen LogP contribution >= 0.6 is 0 Å². The van der Waals surface area contributed by atoms with Crippen LogP contribution in [0.2, 0.25) is 0 Å². The van der Waals surface area contributed by atoms with Gasteiger partial charge in [-0.1, -0.05) is 0 Å². The zero-order valence-corrected chi connectivity index (χ0v) is 16.0. The highest BCUT2D eigenvalue weighted by Gasteiger charge is 2.35. The molecular formula is C19H24N4O4. The summed E-state index contributed by atoms with van der Waals surface area (Å²) in [6.07, 6.45) is 0.184. The number of aryl methyl sites for hydroxylation is 2. The summed E-state index contributed by atoms with van der Waals surface area (Å²) in [7, 11) is 3.10. The minimum atomic E-state index is -0.391. The molecule has 8 nitrogen and oxygen atoms in total. The average molecular weight is 372 g/mol. The third-order valence-electron chi connectivity index (χ3n) is 4.89. The minimum absolute atomic E-state index is 0.0851. The van der Waals surface area contributed by atoms with Gasteiger partial charge in [-0.15, -0.1) is 0 Å². The standard InChI is InChI=1S/C19H24N4O4/c1-11-15(12(2)22-21-11)9-20-19(25)13-7-18(24)23(10-13)14-5-6-16(26-3)17(8-14)27-4/h5-6,8,13H,7,9-10H2,1-4H3,(H,20,25)(H,21,22). The molecular weight excluding hydrogens is 348 g/mol. The van der Waals surface area contributed by atoms with Crippen LogP contribution in [0.3, 0.4) is 0 Å². The fourth-order valence-electron chi connectivity index (χ4n) is 3.28. The summed E-state index contributed by atoms with van der Waals surface area (Å²) in [6, 6.07) is 5.28. The molecule has 1 fully saturated rings. The first-order chi connectivity index (χ1) is 12.9. The zero-order valence-electron chi connectivity index (χ0n) is 16.0. The van der Waals surface area contributed by atoms with Gasteiger partial charge in [-0.05, 0) is 26.0 Å². The summed E-state index contributed by atoms with van der Waals surface area (Å²) in [5.41, 5.74) is 3.46. The van der Waals surface area contributed by atoms with Crippen molar-refractivity contribution in [2.75, 3.05) is 25.7 Å². The molecule has 8 heteroatoms. The second-order valence-corrected chi connectivity index (χ2v) is 6.58. The second kappa shape index (κ2) is 7.69. The van der Waals surface area contributed by atoms with Crippen molar-refractivity contribution in [1.29, 1.82) is 0 Å². The largest absolute Gasteiger partial charge is 0.493 e. The number of amides is 2. The molecule has 0 spiro atoms. The number of carbonyl (C=O) groups is 2. The highest BCUT2D eigenvalue weighted by molar-refractivity contribution is 6.00. The highest BCUT2D eigenvalue weighted by atomic mass is 16.5. The Hall–Kier alpha value is -3.03. The Balaban J connectivity index is 1.67. The van der Waals surface area contributed by atoms with Crippen LogP contribution in [0, 0.1) is 19.8 Å². The maximum Gasteiger partial charge on any atom is 0.227 e. The highest BCUT2D eigenvalue weighted by Crippen LogP contribution is 2.34. The third kappa shape index (κ3) is 3.74. The molecule has 2 N–H and O–H groups in total. The van der Waals surface area contributed by atoms with Crippen LogP contribution in [-0.4, -0.2) is 42.8 Å². The number of aromatic nitrogens is 2. The van der Waals surface area contributed by atoms with Crippen molar-refractivity contribution in [3.05, 3.63) is 35.2 Å². The van der Waals surface area contributed by atoms with Gasteiger partial charge in [0, 0.05) is 42.5 Å². The van der Waals surface area contributed by atoms with Gasteiger partial charge < -0.3 is 19.7 Å². The lowest BCUT2D eigenvalue weighted by molar-refractivity contribution is -0.126. The van der Waals surface area contributed by atoms with E-state index in [0.29, 0.717) is 30.3 Å². The molecule has 3 rings (SSSR count). The Bertz CT molecular complexity index is 842. The number of H-pyrrole nitrogens is 1. The van der Waals surface area contributed by atoms with E-state index in [9.17, 15) is 9.59 Å². The molecule has 2 heterocycles. The van der Waals surface area contributed by atoms with Gasteiger partial charge in [0.25, 0.3) is 0 Å². The molecule has 1 aliphatic heterocycles. The Labute approximate surface area is 157 Å². The molecule has 0 aliphatic carbocycles. The van der Waals surface area contributed by atoms with Crippen LogP contribution in [0.25, 0.3) is 0 Å². The number of aromatic amines is 1. The molecule has 1 aromatic carbocycles. The maximum atomic E-state index is 12.5. The number of carbonyl (C=O) groups excluding carboxylic acids is 2. The molecule has 0 radical (unpaired) electrons. The number of anilines is 1. The van der Waals surface area contributed by atoms with Crippen LogP contribution in [0.15, 0.2) is 18.2 Å². The molecule has 2 amide bonds.